The zero-order chi connectivity index (χ0) is 19.5. The number of esters is 1. The van der Waals surface area contributed by atoms with Gasteiger partial charge < -0.3 is 9.84 Å². The van der Waals surface area contributed by atoms with E-state index in [0.717, 1.165) is 18.8 Å². The lowest BCUT2D eigenvalue weighted by molar-refractivity contribution is -0.145. The lowest BCUT2D eigenvalue weighted by Crippen LogP contribution is -2.14. The van der Waals surface area contributed by atoms with E-state index in [1.165, 1.54) is 77.0 Å². The van der Waals surface area contributed by atoms with Gasteiger partial charge in [0.05, 0.1) is 6.61 Å². The summed E-state index contributed by atoms with van der Waals surface area (Å²) in [5.41, 5.74) is 0. The van der Waals surface area contributed by atoms with Gasteiger partial charge in [-0.15, -0.1) is 0 Å². The van der Waals surface area contributed by atoms with E-state index >= 15 is 0 Å². The molecular weight excluding hydrogens is 324 g/mol. The number of aliphatic hydroxyl groups excluding tert-OH is 1. The topological polar surface area (TPSA) is 46.5 Å². The van der Waals surface area contributed by atoms with Gasteiger partial charge in [-0.2, -0.15) is 0 Å². The van der Waals surface area contributed by atoms with E-state index < -0.39 is 0 Å². The third-order valence-corrected chi connectivity index (χ3v) is 5.27. The molecule has 1 N–H and O–H groups in total. The Morgan fingerprint density at radius 1 is 0.808 bits per heavy atom. The lowest BCUT2D eigenvalue weighted by atomic mass is 9.89. The van der Waals surface area contributed by atoms with Crippen LogP contribution in [0.15, 0.2) is 0 Å². The summed E-state index contributed by atoms with van der Waals surface area (Å²) < 4.78 is 5.18. The zero-order valence-electron chi connectivity index (χ0n) is 17.9. The van der Waals surface area contributed by atoms with Crippen LogP contribution in [0, 0.1) is 11.8 Å². The number of hydrogen-bond acceptors (Lipinski definition) is 3. The SMILES string of the molecule is CCCCCCC(CCCCCC)CCCCCC(=O)OCC(C)CO. The highest BCUT2D eigenvalue weighted by atomic mass is 16.5. The quantitative estimate of drug-likeness (QED) is 0.204. The number of unbranched alkanes of at least 4 members (excludes halogenated alkanes) is 8. The summed E-state index contributed by atoms with van der Waals surface area (Å²) in [6, 6.07) is 0. The molecule has 156 valence electrons. The third-order valence-electron chi connectivity index (χ3n) is 5.27. The molecule has 0 heterocycles. The number of ether oxygens (including phenoxy) is 1. The first-order chi connectivity index (χ1) is 12.6. The molecule has 0 bridgehead atoms. The summed E-state index contributed by atoms with van der Waals surface area (Å²) in [7, 11) is 0. The first-order valence-corrected chi connectivity index (χ1v) is 11.4. The highest BCUT2D eigenvalue weighted by molar-refractivity contribution is 5.69. The maximum Gasteiger partial charge on any atom is 0.305 e. The molecule has 1 atom stereocenters. The van der Waals surface area contributed by atoms with E-state index in [2.05, 4.69) is 13.8 Å². The molecule has 0 fully saturated rings. The molecule has 3 heteroatoms. The summed E-state index contributed by atoms with van der Waals surface area (Å²) in [6.07, 6.45) is 18.9. The Labute approximate surface area is 163 Å². The maximum atomic E-state index is 11.7. The van der Waals surface area contributed by atoms with Crippen molar-refractivity contribution in [3.8, 4) is 0 Å². The van der Waals surface area contributed by atoms with Crippen LogP contribution in [0.1, 0.15) is 117 Å². The molecule has 3 nitrogen and oxygen atoms in total. The molecule has 0 aromatic carbocycles. The highest BCUT2D eigenvalue weighted by Crippen LogP contribution is 2.24. The normalized spacial score (nSPS) is 12.5. The summed E-state index contributed by atoms with van der Waals surface area (Å²) >= 11 is 0. The first-order valence-electron chi connectivity index (χ1n) is 11.4. The van der Waals surface area contributed by atoms with Crippen LogP contribution < -0.4 is 0 Å². The number of carbonyl (C=O) groups excluding carboxylic acids is 1. The molecular formula is C23H46O3. The monoisotopic (exact) mass is 370 g/mol. The molecule has 0 aliphatic heterocycles. The van der Waals surface area contributed by atoms with Crippen LogP contribution in [-0.4, -0.2) is 24.3 Å². The van der Waals surface area contributed by atoms with Gasteiger partial charge in [0, 0.05) is 18.9 Å². The molecule has 0 saturated heterocycles. The molecule has 0 aromatic rings. The van der Waals surface area contributed by atoms with Gasteiger partial charge in [0.15, 0.2) is 0 Å². The minimum atomic E-state index is -0.110. The Morgan fingerprint density at radius 2 is 1.31 bits per heavy atom. The standard InChI is InChI=1S/C23H46O3/c1-4-6-8-11-15-22(16-12-9-7-5-2)17-13-10-14-18-23(25)26-20-21(3)19-24/h21-22,24H,4-20H2,1-3H3. The molecule has 0 saturated carbocycles. The summed E-state index contributed by atoms with van der Waals surface area (Å²) in [5.74, 6) is 0.821. The Hall–Kier alpha value is -0.570. The average Bonchev–Trinajstić information content (AvgIpc) is 2.65. The average molecular weight is 371 g/mol. The first kappa shape index (κ1) is 25.4. The van der Waals surface area contributed by atoms with Crippen LogP contribution in [-0.2, 0) is 9.53 Å². The highest BCUT2D eigenvalue weighted by Gasteiger charge is 2.10. The molecule has 0 aliphatic carbocycles. The van der Waals surface area contributed by atoms with Crippen molar-refractivity contribution in [1.82, 2.24) is 0 Å². The van der Waals surface area contributed by atoms with Crippen molar-refractivity contribution in [2.45, 2.75) is 117 Å². The predicted molar refractivity (Wildman–Crippen MR) is 111 cm³/mol. The van der Waals surface area contributed by atoms with Gasteiger partial charge in [0.1, 0.15) is 0 Å². The van der Waals surface area contributed by atoms with E-state index in [0.29, 0.717) is 13.0 Å². The van der Waals surface area contributed by atoms with Gasteiger partial charge in [-0.25, -0.2) is 0 Å². The lowest BCUT2D eigenvalue weighted by Gasteiger charge is -2.17. The Kier molecular flexibility index (Phi) is 18.8. The molecule has 0 amide bonds. The van der Waals surface area contributed by atoms with Gasteiger partial charge in [-0.3, -0.25) is 4.79 Å². The molecule has 0 radical (unpaired) electrons. The third kappa shape index (κ3) is 16.9. The van der Waals surface area contributed by atoms with E-state index in [4.69, 9.17) is 9.84 Å². The van der Waals surface area contributed by atoms with E-state index in [-0.39, 0.29) is 18.5 Å². The van der Waals surface area contributed by atoms with Gasteiger partial charge in [-0.05, 0) is 12.3 Å². The van der Waals surface area contributed by atoms with Crippen molar-refractivity contribution in [3.05, 3.63) is 0 Å². The summed E-state index contributed by atoms with van der Waals surface area (Å²) in [6.45, 7) is 6.85. The maximum absolute atomic E-state index is 11.7. The van der Waals surface area contributed by atoms with Gasteiger partial charge in [0.2, 0.25) is 0 Å². The molecule has 0 aromatic heterocycles. The fourth-order valence-corrected chi connectivity index (χ4v) is 3.39. The van der Waals surface area contributed by atoms with Crippen LogP contribution >= 0.6 is 0 Å². The van der Waals surface area contributed by atoms with Crippen LogP contribution in [0.4, 0.5) is 0 Å². The second-order valence-electron chi connectivity index (χ2n) is 8.13. The van der Waals surface area contributed by atoms with Crippen molar-refractivity contribution in [2.24, 2.45) is 11.8 Å². The minimum absolute atomic E-state index is 0.0418. The Bertz CT molecular complexity index is 292. The van der Waals surface area contributed by atoms with Gasteiger partial charge in [0.25, 0.3) is 0 Å². The van der Waals surface area contributed by atoms with E-state index in [1.807, 2.05) is 6.92 Å². The van der Waals surface area contributed by atoms with Crippen LogP contribution in [0.2, 0.25) is 0 Å². The fourth-order valence-electron chi connectivity index (χ4n) is 3.39. The van der Waals surface area contributed by atoms with Gasteiger partial charge in [-0.1, -0.05) is 104 Å². The van der Waals surface area contributed by atoms with E-state index in [1.54, 1.807) is 0 Å². The number of rotatable bonds is 19. The second kappa shape index (κ2) is 19.2. The van der Waals surface area contributed by atoms with Crippen molar-refractivity contribution in [3.63, 3.8) is 0 Å². The summed E-state index contributed by atoms with van der Waals surface area (Å²) in [5, 5.41) is 8.94. The minimum Gasteiger partial charge on any atom is -0.465 e. The Morgan fingerprint density at radius 3 is 1.77 bits per heavy atom. The zero-order valence-corrected chi connectivity index (χ0v) is 17.9. The van der Waals surface area contributed by atoms with Gasteiger partial charge >= 0.3 is 5.97 Å². The summed E-state index contributed by atoms with van der Waals surface area (Å²) in [4.78, 5) is 11.7. The van der Waals surface area contributed by atoms with Crippen molar-refractivity contribution in [1.29, 1.82) is 0 Å². The van der Waals surface area contributed by atoms with Crippen molar-refractivity contribution >= 4 is 5.97 Å². The largest absolute Gasteiger partial charge is 0.465 e. The number of aliphatic hydroxyl groups is 1. The van der Waals surface area contributed by atoms with E-state index in [9.17, 15) is 4.79 Å². The molecule has 0 aliphatic rings. The smallest absolute Gasteiger partial charge is 0.305 e. The van der Waals surface area contributed by atoms with Crippen molar-refractivity contribution in [2.75, 3.05) is 13.2 Å². The second-order valence-corrected chi connectivity index (χ2v) is 8.13. The van der Waals surface area contributed by atoms with Crippen LogP contribution in [0.3, 0.4) is 0 Å². The molecule has 0 rings (SSSR count). The molecule has 26 heavy (non-hydrogen) atoms. The molecule has 0 spiro atoms. The van der Waals surface area contributed by atoms with Crippen LogP contribution in [0.5, 0.6) is 0 Å². The van der Waals surface area contributed by atoms with Crippen LogP contribution in [0.25, 0.3) is 0 Å². The fraction of sp³-hybridized carbons (Fsp3) is 0.957. The Balaban J connectivity index is 3.82. The predicted octanol–water partition coefficient (Wildman–Crippen LogP) is 6.67. The number of carbonyl (C=O) groups is 1. The van der Waals surface area contributed by atoms with Crippen molar-refractivity contribution < 1.29 is 14.6 Å². The molecule has 1 unspecified atom stereocenters. The number of hydrogen-bond donors (Lipinski definition) is 1.